The van der Waals surface area contributed by atoms with E-state index in [1.807, 2.05) is 6.92 Å². The fourth-order valence-electron chi connectivity index (χ4n) is 2.56. The lowest BCUT2D eigenvalue weighted by molar-refractivity contribution is 0.319. The van der Waals surface area contributed by atoms with Crippen LogP contribution in [0.1, 0.15) is 63.6 Å². The molecule has 1 saturated carbocycles. The van der Waals surface area contributed by atoms with Crippen molar-refractivity contribution in [3.63, 3.8) is 0 Å². The van der Waals surface area contributed by atoms with Gasteiger partial charge in [0, 0.05) is 18.4 Å². The maximum Gasteiger partial charge on any atom is 0.226 e. The van der Waals surface area contributed by atoms with Crippen LogP contribution in [0.3, 0.4) is 0 Å². The highest BCUT2D eigenvalue weighted by molar-refractivity contribution is 4.98. The summed E-state index contributed by atoms with van der Waals surface area (Å²) in [6.07, 6.45) is 6.74. The van der Waals surface area contributed by atoms with Crippen molar-refractivity contribution >= 4 is 0 Å². The van der Waals surface area contributed by atoms with E-state index in [9.17, 15) is 0 Å². The normalized spacial score (nSPS) is 27.0. The fourth-order valence-corrected chi connectivity index (χ4v) is 2.56. The van der Waals surface area contributed by atoms with Gasteiger partial charge < -0.3 is 10.3 Å². The molecule has 0 spiro atoms. The van der Waals surface area contributed by atoms with Gasteiger partial charge in [0.05, 0.1) is 0 Å². The van der Waals surface area contributed by atoms with Crippen molar-refractivity contribution in [2.75, 3.05) is 0 Å². The third kappa shape index (κ3) is 3.53. The second kappa shape index (κ2) is 5.63. The molecule has 3 unspecified atom stereocenters. The van der Waals surface area contributed by atoms with Gasteiger partial charge in [-0.1, -0.05) is 24.9 Å². The van der Waals surface area contributed by atoms with Crippen molar-refractivity contribution in [2.24, 2.45) is 11.7 Å². The van der Waals surface area contributed by atoms with Gasteiger partial charge in [0.15, 0.2) is 5.82 Å². The minimum Gasteiger partial charge on any atom is -0.339 e. The van der Waals surface area contributed by atoms with Gasteiger partial charge in [0.1, 0.15) is 0 Å². The van der Waals surface area contributed by atoms with Gasteiger partial charge in [-0.25, -0.2) is 0 Å². The molecule has 4 heteroatoms. The summed E-state index contributed by atoms with van der Waals surface area (Å²) < 4.78 is 5.29. The van der Waals surface area contributed by atoms with E-state index < -0.39 is 0 Å². The van der Waals surface area contributed by atoms with Gasteiger partial charge in [-0.15, -0.1) is 0 Å². The summed E-state index contributed by atoms with van der Waals surface area (Å²) in [6.45, 7) is 4.31. The molecule has 1 heterocycles. The van der Waals surface area contributed by atoms with Crippen LogP contribution in [0, 0.1) is 5.92 Å². The zero-order chi connectivity index (χ0) is 12.3. The fraction of sp³-hybridized carbons (Fsp3) is 0.846. The SMILES string of the molecule is CC(N)CCc1nc(C2CCCC(C)C2)no1. The third-order valence-corrected chi connectivity index (χ3v) is 3.60. The molecular formula is C13H23N3O. The summed E-state index contributed by atoms with van der Waals surface area (Å²) in [4.78, 5) is 4.51. The van der Waals surface area contributed by atoms with Gasteiger partial charge in [-0.3, -0.25) is 0 Å². The summed E-state index contributed by atoms with van der Waals surface area (Å²) in [6, 6.07) is 0.194. The van der Waals surface area contributed by atoms with E-state index in [0.717, 1.165) is 30.5 Å². The molecule has 1 aromatic rings. The molecule has 1 fully saturated rings. The van der Waals surface area contributed by atoms with Gasteiger partial charge >= 0.3 is 0 Å². The van der Waals surface area contributed by atoms with Crippen molar-refractivity contribution in [1.29, 1.82) is 0 Å². The first-order chi connectivity index (χ1) is 8.15. The summed E-state index contributed by atoms with van der Waals surface area (Å²) >= 11 is 0. The lowest BCUT2D eigenvalue weighted by atomic mass is 9.82. The van der Waals surface area contributed by atoms with E-state index >= 15 is 0 Å². The van der Waals surface area contributed by atoms with Gasteiger partial charge in [-0.05, 0) is 32.1 Å². The number of hydrogen-bond donors (Lipinski definition) is 1. The van der Waals surface area contributed by atoms with E-state index in [1.54, 1.807) is 0 Å². The molecule has 0 aromatic carbocycles. The van der Waals surface area contributed by atoms with Crippen molar-refractivity contribution in [3.8, 4) is 0 Å². The number of aryl methyl sites for hydroxylation is 1. The molecular weight excluding hydrogens is 214 g/mol. The van der Waals surface area contributed by atoms with Crippen LogP contribution in [0.25, 0.3) is 0 Å². The lowest BCUT2D eigenvalue weighted by Crippen LogP contribution is -2.15. The molecule has 1 aliphatic rings. The molecule has 0 saturated heterocycles. The summed E-state index contributed by atoms with van der Waals surface area (Å²) in [5.74, 6) is 2.96. The topological polar surface area (TPSA) is 64.9 Å². The van der Waals surface area contributed by atoms with Crippen molar-refractivity contribution in [3.05, 3.63) is 11.7 Å². The van der Waals surface area contributed by atoms with Crippen molar-refractivity contribution in [1.82, 2.24) is 10.1 Å². The van der Waals surface area contributed by atoms with Crippen LogP contribution >= 0.6 is 0 Å². The van der Waals surface area contributed by atoms with Crippen LogP contribution in [0.5, 0.6) is 0 Å². The Morgan fingerprint density at radius 1 is 1.47 bits per heavy atom. The van der Waals surface area contributed by atoms with Crippen molar-refractivity contribution in [2.45, 2.75) is 64.3 Å². The second-order valence-electron chi connectivity index (χ2n) is 5.53. The molecule has 0 amide bonds. The van der Waals surface area contributed by atoms with Gasteiger partial charge in [0.25, 0.3) is 0 Å². The summed E-state index contributed by atoms with van der Waals surface area (Å²) in [5, 5.41) is 4.13. The van der Waals surface area contributed by atoms with Gasteiger partial charge in [-0.2, -0.15) is 4.98 Å². The van der Waals surface area contributed by atoms with Crippen LogP contribution in [0.4, 0.5) is 0 Å². The number of nitrogens with two attached hydrogens (primary N) is 1. The molecule has 3 atom stereocenters. The largest absolute Gasteiger partial charge is 0.339 e. The molecule has 0 bridgehead atoms. The average Bonchev–Trinajstić information content (AvgIpc) is 2.75. The maximum atomic E-state index is 5.72. The monoisotopic (exact) mass is 237 g/mol. The molecule has 0 radical (unpaired) electrons. The van der Waals surface area contributed by atoms with Crippen LogP contribution in [0.15, 0.2) is 4.52 Å². The quantitative estimate of drug-likeness (QED) is 0.874. The molecule has 2 N–H and O–H groups in total. The minimum atomic E-state index is 0.194. The first-order valence-corrected chi connectivity index (χ1v) is 6.73. The number of rotatable bonds is 4. The third-order valence-electron chi connectivity index (χ3n) is 3.60. The van der Waals surface area contributed by atoms with Crippen LogP contribution in [-0.2, 0) is 6.42 Å². The molecule has 17 heavy (non-hydrogen) atoms. The smallest absolute Gasteiger partial charge is 0.226 e. The second-order valence-corrected chi connectivity index (χ2v) is 5.53. The number of aromatic nitrogens is 2. The van der Waals surface area contributed by atoms with Crippen LogP contribution < -0.4 is 5.73 Å². The zero-order valence-electron chi connectivity index (χ0n) is 10.9. The number of nitrogens with zero attached hydrogens (tertiary/aromatic N) is 2. The summed E-state index contributed by atoms with van der Waals surface area (Å²) in [7, 11) is 0. The van der Waals surface area contributed by atoms with E-state index in [-0.39, 0.29) is 6.04 Å². The average molecular weight is 237 g/mol. The van der Waals surface area contributed by atoms with Crippen LogP contribution in [-0.4, -0.2) is 16.2 Å². The predicted octanol–water partition coefficient (Wildman–Crippen LogP) is 2.64. The molecule has 1 aromatic heterocycles. The standard InChI is InChI=1S/C13H23N3O/c1-9-4-3-5-11(8-9)13-15-12(17-16-13)7-6-10(2)14/h9-11H,3-8,14H2,1-2H3. The van der Waals surface area contributed by atoms with E-state index in [4.69, 9.17) is 10.3 Å². The molecule has 1 aliphatic carbocycles. The van der Waals surface area contributed by atoms with E-state index in [0.29, 0.717) is 5.92 Å². The Morgan fingerprint density at radius 2 is 2.29 bits per heavy atom. The Balaban J connectivity index is 1.92. The van der Waals surface area contributed by atoms with Gasteiger partial charge in [0.2, 0.25) is 5.89 Å². The highest BCUT2D eigenvalue weighted by Crippen LogP contribution is 2.34. The first-order valence-electron chi connectivity index (χ1n) is 6.73. The zero-order valence-corrected chi connectivity index (χ0v) is 10.9. The van der Waals surface area contributed by atoms with Crippen molar-refractivity contribution < 1.29 is 4.52 Å². The maximum absolute atomic E-state index is 5.72. The summed E-state index contributed by atoms with van der Waals surface area (Å²) in [5.41, 5.74) is 5.72. The molecule has 96 valence electrons. The molecule has 0 aliphatic heterocycles. The minimum absolute atomic E-state index is 0.194. The highest BCUT2D eigenvalue weighted by atomic mass is 16.5. The molecule has 4 nitrogen and oxygen atoms in total. The highest BCUT2D eigenvalue weighted by Gasteiger charge is 2.24. The Hall–Kier alpha value is -0.900. The number of hydrogen-bond acceptors (Lipinski definition) is 4. The molecule has 2 rings (SSSR count). The first kappa shape index (κ1) is 12.6. The van der Waals surface area contributed by atoms with E-state index in [1.165, 1.54) is 25.7 Å². The Bertz CT molecular complexity index is 348. The van der Waals surface area contributed by atoms with Crippen LogP contribution in [0.2, 0.25) is 0 Å². The lowest BCUT2D eigenvalue weighted by Gasteiger charge is -2.23. The Labute approximate surface area is 103 Å². The Kier molecular flexibility index (Phi) is 4.15. The Morgan fingerprint density at radius 3 is 3.00 bits per heavy atom. The van der Waals surface area contributed by atoms with E-state index in [2.05, 4.69) is 17.1 Å². The predicted molar refractivity (Wildman–Crippen MR) is 66.6 cm³/mol.